The van der Waals surface area contributed by atoms with Crippen LogP contribution in [0.4, 0.5) is 9.59 Å². The zero-order valence-corrected chi connectivity index (χ0v) is 29.4. The first-order valence-electron chi connectivity index (χ1n) is 16.5. The molecule has 0 heterocycles. The molecule has 2 rings (SSSR count). The average molecular weight is 685 g/mol. The van der Waals surface area contributed by atoms with Crippen molar-refractivity contribution in [2.75, 3.05) is 6.54 Å². The van der Waals surface area contributed by atoms with Gasteiger partial charge in [0.15, 0.2) is 6.10 Å². The number of ether oxygens (including phenoxy) is 3. The molecule has 0 aromatic heterocycles. The van der Waals surface area contributed by atoms with Crippen LogP contribution in [0.5, 0.6) is 0 Å². The van der Waals surface area contributed by atoms with E-state index in [1.54, 1.807) is 65.8 Å². The highest BCUT2D eigenvalue weighted by atomic mass is 16.6. The number of aliphatic hydroxyl groups excluding tert-OH is 1. The van der Waals surface area contributed by atoms with Crippen molar-refractivity contribution < 1.29 is 43.3 Å². The monoisotopic (exact) mass is 684 g/mol. The molecule has 13 nitrogen and oxygen atoms in total. The summed E-state index contributed by atoms with van der Waals surface area (Å²) < 4.78 is 15.9. The van der Waals surface area contributed by atoms with Gasteiger partial charge in [0.05, 0.1) is 6.04 Å². The molecule has 0 radical (unpaired) electrons. The van der Waals surface area contributed by atoms with E-state index < -0.39 is 59.4 Å². The lowest BCUT2D eigenvalue weighted by Gasteiger charge is -2.27. The van der Waals surface area contributed by atoms with Crippen molar-refractivity contribution in [2.45, 2.75) is 116 Å². The number of unbranched alkanes of at least 4 members (excludes halogenated alkanes) is 1. The van der Waals surface area contributed by atoms with Crippen LogP contribution in [0.25, 0.3) is 0 Å². The van der Waals surface area contributed by atoms with E-state index in [1.165, 1.54) is 0 Å². The topological polar surface area (TPSA) is 181 Å². The van der Waals surface area contributed by atoms with E-state index in [-0.39, 0.29) is 39.0 Å². The van der Waals surface area contributed by atoms with Gasteiger partial charge in [0.2, 0.25) is 5.91 Å². The second-order valence-corrected chi connectivity index (χ2v) is 13.6. The maximum absolute atomic E-state index is 13.6. The minimum Gasteiger partial charge on any atom is -0.460 e. The number of esters is 1. The molecule has 49 heavy (non-hydrogen) atoms. The number of carbonyl (C=O) groups is 5. The lowest BCUT2D eigenvalue weighted by molar-refractivity contribution is -0.155. The van der Waals surface area contributed by atoms with Crippen LogP contribution in [-0.4, -0.2) is 71.0 Å². The van der Waals surface area contributed by atoms with Gasteiger partial charge in [-0.05, 0) is 78.4 Å². The molecule has 1 unspecified atom stereocenters. The fourth-order valence-corrected chi connectivity index (χ4v) is 4.49. The molecule has 3 atom stereocenters. The highest BCUT2D eigenvalue weighted by Crippen LogP contribution is 2.13. The van der Waals surface area contributed by atoms with Gasteiger partial charge in [-0.25, -0.2) is 9.59 Å². The molecular formula is C36H52N4O9. The minimum atomic E-state index is -1.65. The van der Waals surface area contributed by atoms with E-state index in [9.17, 15) is 29.1 Å². The normalized spacial score (nSPS) is 13.2. The molecule has 0 aliphatic heterocycles. The van der Waals surface area contributed by atoms with Gasteiger partial charge < -0.3 is 40.6 Å². The van der Waals surface area contributed by atoms with Crippen LogP contribution in [0.3, 0.4) is 0 Å². The summed E-state index contributed by atoms with van der Waals surface area (Å²) in [5, 5.41) is 21.6. The third-order valence-electron chi connectivity index (χ3n) is 6.78. The maximum Gasteiger partial charge on any atom is 0.408 e. The molecule has 2 aromatic carbocycles. The van der Waals surface area contributed by atoms with Crippen LogP contribution in [0.2, 0.25) is 0 Å². The standard InChI is InChI=1S/C36H52N4O9/c1-35(2,3)48-29(41)21-20-28(40-34(46)47-24-26-17-11-8-12-18-26)31(43)39-27(19-13-14-22-37-33(45)49-36(4,5)6)30(42)32(44)38-23-25-15-9-7-10-16-25/h7-12,15-18,27-28,30,42H,13-14,19-24H2,1-6H3,(H,37,45)(H,38,44)(H,39,43)(H,40,46)/t27-,28-,30?/m0/s1. The van der Waals surface area contributed by atoms with Gasteiger partial charge in [0, 0.05) is 19.5 Å². The number of hydrogen-bond acceptors (Lipinski definition) is 9. The largest absolute Gasteiger partial charge is 0.460 e. The van der Waals surface area contributed by atoms with Crippen molar-refractivity contribution in [1.82, 2.24) is 21.3 Å². The SMILES string of the molecule is CC(C)(C)OC(=O)CC[C@H](NC(=O)OCc1ccccc1)C(=O)N[C@@H](CCCCNC(=O)OC(C)(C)C)C(O)C(=O)NCc1ccccc1. The van der Waals surface area contributed by atoms with E-state index in [4.69, 9.17) is 14.2 Å². The Kier molecular flexibility index (Phi) is 16.5. The van der Waals surface area contributed by atoms with Crippen molar-refractivity contribution in [3.8, 4) is 0 Å². The van der Waals surface area contributed by atoms with Gasteiger partial charge in [-0.1, -0.05) is 60.7 Å². The molecular weight excluding hydrogens is 632 g/mol. The van der Waals surface area contributed by atoms with Gasteiger partial charge in [-0.15, -0.1) is 0 Å². The van der Waals surface area contributed by atoms with Crippen molar-refractivity contribution in [3.05, 3.63) is 71.8 Å². The molecule has 2 aromatic rings. The maximum atomic E-state index is 13.6. The summed E-state index contributed by atoms with van der Waals surface area (Å²) >= 11 is 0. The molecule has 13 heteroatoms. The number of amides is 4. The summed E-state index contributed by atoms with van der Waals surface area (Å²) in [6.07, 6.45) is -2.44. The number of benzene rings is 2. The fraction of sp³-hybridized carbons (Fsp3) is 0.528. The van der Waals surface area contributed by atoms with Crippen LogP contribution in [0.1, 0.15) is 84.8 Å². The van der Waals surface area contributed by atoms with E-state index in [0.717, 1.165) is 11.1 Å². The zero-order valence-electron chi connectivity index (χ0n) is 29.4. The van der Waals surface area contributed by atoms with E-state index in [2.05, 4.69) is 21.3 Å². The Morgan fingerprint density at radius 3 is 1.88 bits per heavy atom. The Balaban J connectivity index is 2.14. The molecule has 5 N–H and O–H groups in total. The van der Waals surface area contributed by atoms with Crippen LogP contribution >= 0.6 is 0 Å². The molecule has 0 aliphatic rings. The summed E-state index contributed by atoms with van der Waals surface area (Å²) in [4.78, 5) is 63.9. The molecule has 0 saturated carbocycles. The third-order valence-corrected chi connectivity index (χ3v) is 6.78. The third kappa shape index (κ3) is 17.9. The van der Waals surface area contributed by atoms with Crippen LogP contribution in [0, 0.1) is 0 Å². The molecule has 0 bridgehead atoms. The first-order valence-corrected chi connectivity index (χ1v) is 16.5. The molecule has 4 amide bonds. The number of hydrogen-bond donors (Lipinski definition) is 5. The summed E-state index contributed by atoms with van der Waals surface area (Å²) in [6, 6.07) is 15.8. The van der Waals surface area contributed by atoms with E-state index in [1.807, 2.05) is 36.4 Å². The number of carbonyl (C=O) groups excluding carboxylic acids is 5. The Morgan fingerprint density at radius 2 is 1.29 bits per heavy atom. The highest BCUT2D eigenvalue weighted by molar-refractivity contribution is 5.88. The molecule has 0 spiro atoms. The van der Waals surface area contributed by atoms with Gasteiger partial charge >= 0.3 is 18.2 Å². The zero-order chi connectivity index (χ0) is 36.5. The molecule has 270 valence electrons. The average Bonchev–Trinajstić information content (AvgIpc) is 3.02. The van der Waals surface area contributed by atoms with Gasteiger partial charge in [-0.3, -0.25) is 14.4 Å². The van der Waals surface area contributed by atoms with Crippen molar-refractivity contribution in [1.29, 1.82) is 0 Å². The summed E-state index contributed by atoms with van der Waals surface area (Å²) in [5.74, 6) is -2.01. The van der Waals surface area contributed by atoms with Crippen LogP contribution in [0.15, 0.2) is 60.7 Å². The van der Waals surface area contributed by atoms with Crippen molar-refractivity contribution >= 4 is 30.0 Å². The number of alkyl carbamates (subject to hydrolysis) is 2. The minimum absolute atomic E-state index is 0.0483. The first-order chi connectivity index (χ1) is 23.0. The fourth-order valence-electron chi connectivity index (χ4n) is 4.49. The second-order valence-electron chi connectivity index (χ2n) is 13.6. The predicted molar refractivity (Wildman–Crippen MR) is 183 cm³/mol. The van der Waals surface area contributed by atoms with E-state index in [0.29, 0.717) is 12.8 Å². The van der Waals surface area contributed by atoms with Crippen LogP contribution in [-0.2, 0) is 41.7 Å². The molecule has 0 saturated heterocycles. The Hall–Kier alpha value is -4.65. The second kappa shape index (κ2) is 20.0. The summed E-state index contributed by atoms with van der Waals surface area (Å²) in [7, 11) is 0. The quantitative estimate of drug-likeness (QED) is 0.0924. The number of rotatable bonds is 17. The van der Waals surface area contributed by atoms with E-state index >= 15 is 0 Å². The van der Waals surface area contributed by atoms with Crippen molar-refractivity contribution in [3.63, 3.8) is 0 Å². The lowest BCUT2D eigenvalue weighted by Crippen LogP contribution is -2.55. The highest BCUT2D eigenvalue weighted by Gasteiger charge is 2.31. The number of aliphatic hydroxyl groups is 1. The van der Waals surface area contributed by atoms with Gasteiger partial charge in [0.25, 0.3) is 5.91 Å². The smallest absolute Gasteiger partial charge is 0.408 e. The molecule has 0 aliphatic carbocycles. The van der Waals surface area contributed by atoms with Crippen LogP contribution < -0.4 is 21.3 Å². The first kappa shape index (κ1) is 40.5. The van der Waals surface area contributed by atoms with Gasteiger partial charge in [-0.2, -0.15) is 0 Å². The summed E-state index contributed by atoms with van der Waals surface area (Å²) in [6.45, 7) is 10.8. The number of nitrogens with one attached hydrogen (secondary N) is 4. The lowest BCUT2D eigenvalue weighted by atomic mass is 10.0. The van der Waals surface area contributed by atoms with Gasteiger partial charge in [0.1, 0.15) is 23.9 Å². The summed E-state index contributed by atoms with van der Waals surface area (Å²) in [5.41, 5.74) is 0.145. The van der Waals surface area contributed by atoms with Crippen molar-refractivity contribution in [2.24, 2.45) is 0 Å². The Bertz CT molecular complexity index is 1340. The molecule has 0 fully saturated rings. The predicted octanol–water partition coefficient (Wildman–Crippen LogP) is 4.26. The Labute approximate surface area is 288 Å². The Morgan fingerprint density at radius 1 is 0.694 bits per heavy atom.